The van der Waals surface area contributed by atoms with E-state index in [0.29, 0.717) is 6.04 Å². The average Bonchev–Trinajstić information content (AvgIpc) is 2.48. The van der Waals surface area contributed by atoms with E-state index in [1.54, 1.807) is 0 Å². The smallest absolute Gasteiger partial charge is 0.0281 e. The Kier molecular flexibility index (Phi) is 4.51. The van der Waals surface area contributed by atoms with Crippen molar-refractivity contribution in [3.8, 4) is 0 Å². The highest BCUT2D eigenvalue weighted by molar-refractivity contribution is 5.05. The molecule has 0 aromatic rings. The van der Waals surface area contributed by atoms with Crippen molar-refractivity contribution in [2.45, 2.75) is 46.1 Å². The van der Waals surface area contributed by atoms with Crippen molar-refractivity contribution in [2.24, 2.45) is 11.8 Å². The van der Waals surface area contributed by atoms with Crippen molar-refractivity contribution in [1.82, 2.24) is 5.32 Å². The first-order valence-electron chi connectivity index (χ1n) is 5.64. The Labute approximate surface area is 82.6 Å². The second kappa shape index (κ2) is 5.43. The van der Waals surface area contributed by atoms with Crippen LogP contribution in [0.4, 0.5) is 0 Å². The first-order valence-corrected chi connectivity index (χ1v) is 5.64. The Balaban J connectivity index is 2.29. The molecule has 0 saturated heterocycles. The molecule has 13 heavy (non-hydrogen) atoms. The van der Waals surface area contributed by atoms with Crippen LogP contribution in [0, 0.1) is 11.8 Å². The van der Waals surface area contributed by atoms with Crippen molar-refractivity contribution in [3.63, 3.8) is 0 Å². The molecule has 0 bridgehead atoms. The van der Waals surface area contributed by atoms with Gasteiger partial charge in [-0.25, -0.2) is 0 Å². The summed E-state index contributed by atoms with van der Waals surface area (Å²) >= 11 is 0. The zero-order valence-corrected chi connectivity index (χ0v) is 9.22. The van der Waals surface area contributed by atoms with Gasteiger partial charge in [-0.2, -0.15) is 0 Å². The zero-order valence-electron chi connectivity index (χ0n) is 9.22. The van der Waals surface area contributed by atoms with E-state index in [0.717, 1.165) is 18.4 Å². The lowest BCUT2D eigenvalue weighted by Crippen LogP contribution is -2.33. The molecule has 76 valence electrons. The highest BCUT2D eigenvalue weighted by atomic mass is 14.9. The lowest BCUT2D eigenvalue weighted by molar-refractivity contribution is 0.358. The van der Waals surface area contributed by atoms with Crippen LogP contribution in [-0.2, 0) is 0 Å². The van der Waals surface area contributed by atoms with E-state index < -0.39 is 0 Å². The largest absolute Gasteiger partial charge is 0.310 e. The predicted octanol–water partition coefficient (Wildman–Crippen LogP) is 2.98. The summed E-state index contributed by atoms with van der Waals surface area (Å²) in [5, 5.41) is 3.60. The Bertz CT molecular complexity index is 161. The van der Waals surface area contributed by atoms with E-state index in [9.17, 15) is 0 Å². The highest BCUT2D eigenvalue weighted by Gasteiger charge is 2.22. The van der Waals surface area contributed by atoms with E-state index >= 15 is 0 Å². The van der Waals surface area contributed by atoms with Gasteiger partial charge in [0.25, 0.3) is 0 Å². The first-order chi connectivity index (χ1) is 6.24. The second-order valence-electron chi connectivity index (χ2n) is 4.53. The number of nitrogens with one attached hydrogen (secondary N) is 1. The highest BCUT2D eigenvalue weighted by Crippen LogP contribution is 2.25. The van der Waals surface area contributed by atoms with Crippen LogP contribution in [-0.4, -0.2) is 12.6 Å². The lowest BCUT2D eigenvalue weighted by Gasteiger charge is -2.22. The number of rotatable bonds is 5. The van der Waals surface area contributed by atoms with Crippen molar-refractivity contribution in [3.05, 3.63) is 12.2 Å². The van der Waals surface area contributed by atoms with Crippen LogP contribution in [0.1, 0.15) is 40.0 Å². The van der Waals surface area contributed by atoms with Gasteiger partial charge in [-0.1, -0.05) is 32.9 Å². The van der Waals surface area contributed by atoms with Crippen LogP contribution in [0.2, 0.25) is 0 Å². The Morgan fingerprint density at radius 3 is 2.85 bits per heavy atom. The quantitative estimate of drug-likeness (QED) is 0.643. The maximum Gasteiger partial charge on any atom is 0.0281 e. The van der Waals surface area contributed by atoms with Crippen LogP contribution in [0.25, 0.3) is 0 Å². The van der Waals surface area contributed by atoms with E-state index in [4.69, 9.17) is 0 Å². The fraction of sp³-hybridized carbons (Fsp3) is 0.833. The second-order valence-corrected chi connectivity index (χ2v) is 4.53. The summed E-state index contributed by atoms with van der Waals surface area (Å²) in [5.41, 5.74) is 0. The molecule has 0 radical (unpaired) electrons. The standard InChI is InChI=1S/C12H23N/c1-4-8-13-12-7-5-6-11(12)9-10(2)3/h5,7,10-13H,4,6,8-9H2,1-3H3/t11-,12?/m0/s1. The summed E-state index contributed by atoms with van der Waals surface area (Å²) in [7, 11) is 0. The van der Waals surface area contributed by atoms with Crippen molar-refractivity contribution < 1.29 is 0 Å². The van der Waals surface area contributed by atoms with Crippen LogP contribution in [0.5, 0.6) is 0 Å². The molecule has 0 amide bonds. The Morgan fingerprint density at radius 2 is 2.23 bits per heavy atom. The van der Waals surface area contributed by atoms with Gasteiger partial charge in [0.1, 0.15) is 0 Å². The van der Waals surface area contributed by atoms with E-state index in [-0.39, 0.29) is 0 Å². The monoisotopic (exact) mass is 181 g/mol. The third kappa shape index (κ3) is 3.51. The van der Waals surface area contributed by atoms with Gasteiger partial charge >= 0.3 is 0 Å². The van der Waals surface area contributed by atoms with Gasteiger partial charge in [0.2, 0.25) is 0 Å². The van der Waals surface area contributed by atoms with E-state index in [1.807, 2.05) is 0 Å². The maximum atomic E-state index is 3.60. The van der Waals surface area contributed by atoms with Gasteiger partial charge in [-0.15, -0.1) is 0 Å². The molecule has 0 aliphatic heterocycles. The van der Waals surface area contributed by atoms with Crippen LogP contribution >= 0.6 is 0 Å². The molecule has 2 atom stereocenters. The first kappa shape index (κ1) is 10.8. The molecule has 0 spiro atoms. The van der Waals surface area contributed by atoms with Gasteiger partial charge in [0.15, 0.2) is 0 Å². The summed E-state index contributed by atoms with van der Waals surface area (Å²) in [4.78, 5) is 0. The summed E-state index contributed by atoms with van der Waals surface area (Å²) in [5.74, 6) is 1.68. The molecule has 0 aromatic carbocycles. The van der Waals surface area contributed by atoms with Crippen molar-refractivity contribution in [2.75, 3.05) is 6.54 Å². The number of hydrogen-bond acceptors (Lipinski definition) is 1. The summed E-state index contributed by atoms with van der Waals surface area (Å²) in [6.45, 7) is 8.01. The molecule has 1 nitrogen and oxygen atoms in total. The van der Waals surface area contributed by atoms with Crippen LogP contribution in [0.15, 0.2) is 12.2 Å². The molecule has 1 aliphatic carbocycles. The molecular weight excluding hydrogens is 158 g/mol. The van der Waals surface area contributed by atoms with E-state index in [1.165, 1.54) is 19.3 Å². The Hall–Kier alpha value is -0.300. The average molecular weight is 181 g/mol. The zero-order chi connectivity index (χ0) is 9.68. The lowest BCUT2D eigenvalue weighted by atomic mass is 9.92. The van der Waals surface area contributed by atoms with Gasteiger partial charge in [-0.05, 0) is 37.6 Å². The fourth-order valence-corrected chi connectivity index (χ4v) is 2.10. The number of allylic oxidation sites excluding steroid dienone is 1. The molecule has 0 aromatic heterocycles. The third-order valence-corrected chi connectivity index (χ3v) is 2.69. The fourth-order valence-electron chi connectivity index (χ4n) is 2.10. The minimum absolute atomic E-state index is 0.655. The normalized spacial score (nSPS) is 27.4. The summed E-state index contributed by atoms with van der Waals surface area (Å²) in [6, 6.07) is 0.655. The van der Waals surface area contributed by atoms with Crippen LogP contribution in [0.3, 0.4) is 0 Å². The van der Waals surface area contributed by atoms with Gasteiger partial charge < -0.3 is 5.32 Å². The van der Waals surface area contributed by atoms with Gasteiger partial charge in [-0.3, -0.25) is 0 Å². The molecule has 1 unspecified atom stereocenters. The molecule has 1 N–H and O–H groups in total. The van der Waals surface area contributed by atoms with E-state index in [2.05, 4.69) is 38.2 Å². The SMILES string of the molecule is CCCNC1C=CC[C@H]1CC(C)C. The number of hydrogen-bond donors (Lipinski definition) is 1. The topological polar surface area (TPSA) is 12.0 Å². The minimum atomic E-state index is 0.655. The maximum absolute atomic E-state index is 3.60. The van der Waals surface area contributed by atoms with Crippen molar-refractivity contribution in [1.29, 1.82) is 0 Å². The minimum Gasteiger partial charge on any atom is -0.310 e. The molecule has 0 fully saturated rings. The molecule has 1 heteroatoms. The van der Waals surface area contributed by atoms with Gasteiger partial charge in [0.05, 0.1) is 0 Å². The third-order valence-electron chi connectivity index (χ3n) is 2.69. The molecule has 0 saturated carbocycles. The van der Waals surface area contributed by atoms with Crippen molar-refractivity contribution >= 4 is 0 Å². The summed E-state index contributed by atoms with van der Waals surface area (Å²) in [6.07, 6.45) is 8.55. The summed E-state index contributed by atoms with van der Waals surface area (Å²) < 4.78 is 0. The molecule has 1 aliphatic rings. The van der Waals surface area contributed by atoms with Crippen LogP contribution < -0.4 is 5.32 Å². The molecule has 0 heterocycles. The Morgan fingerprint density at radius 1 is 1.46 bits per heavy atom. The van der Waals surface area contributed by atoms with Gasteiger partial charge in [0, 0.05) is 6.04 Å². The molecule has 1 rings (SSSR count). The predicted molar refractivity (Wildman–Crippen MR) is 58.8 cm³/mol. The molecular formula is C12H23N.